The molecule has 0 aromatic heterocycles. The largest absolute Gasteiger partial charge is 0.507 e. The number of Topliss-reactive ketones (excluding diaryl/α,β-unsaturated/α-hetero) is 1. The zero-order valence-electron chi connectivity index (χ0n) is 27.2. The van der Waals surface area contributed by atoms with Gasteiger partial charge in [-0.05, 0) is 34.0 Å². The maximum absolute atomic E-state index is 13.8. The van der Waals surface area contributed by atoms with Crippen LogP contribution in [0, 0.1) is 0 Å². The third-order valence-electron chi connectivity index (χ3n) is 9.01. The summed E-state index contributed by atoms with van der Waals surface area (Å²) in [5.41, 5.74) is -3.50. The van der Waals surface area contributed by atoms with Crippen molar-refractivity contribution in [1.29, 1.82) is 0 Å². The van der Waals surface area contributed by atoms with Gasteiger partial charge in [-0.3, -0.25) is 24.0 Å². The maximum atomic E-state index is 13.8. The average Bonchev–Trinajstić information content (AvgIpc) is 3.01. The number of phenols is 2. The number of phenolic OH excluding ortho intramolecular Hbond substituents is 2. The predicted octanol–water partition coefficient (Wildman–Crippen LogP) is -0.136. The Morgan fingerprint density at radius 2 is 1.75 bits per heavy atom. The molecule has 15 nitrogen and oxygen atoms in total. The summed E-state index contributed by atoms with van der Waals surface area (Å²) >= 11 is 0. The van der Waals surface area contributed by atoms with Crippen LogP contribution in [0.25, 0.3) is 0 Å². The number of ether oxygens (including phenoxy) is 3. The first-order valence-corrected chi connectivity index (χ1v) is 15.4. The molecule has 0 bridgehead atoms. The van der Waals surface area contributed by atoms with E-state index in [1.807, 2.05) is 0 Å². The molecule has 2 aliphatic carbocycles. The summed E-state index contributed by atoms with van der Waals surface area (Å²) in [6, 6.07) is 3.45. The molecule has 0 spiro atoms. The first-order valence-electron chi connectivity index (χ1n) is 15.4. The number of amides is 2. The highest BCUT2D eigenvalue weighted by Gasteiger charge is 2.49. The lowest BCUT2D eigenvalue weighted by atomic mass is 9.72. The van der Waals surface area contributed by atoms with Crippen LogP contribution in [0.5, 0.6) is 17.2 Å². The fraction of sp³-hybridized carbons (Fsp3) is 0.485. The summed E-state index contributed by atoms with van der Waals surface area (Å²) < 4.78 is 17.4. The fourth-order valence-corrected chi connectivity index (χ4v) is 6.55. The van der Waals surface area contributed by atoms with Crippen LogP contribution in [-0.2, 0) is 30.3 Å². The zero-order chi connectivity index (χ0) is 35.2. The van der Waals surface area contributed by atoms with Gasteiger partial charge < -0.3 is 50.2 Å². The van der Waals surface area contributed by atoms with Crippen molar-refractivity contribution in [3.63, 3.8) is 0 Å². The van der Waals surface area contributed by atoms with Gasteiger partial charge in [0.25, 0.3) is 0 Å². The monoisotopic (exact) mass is 669 g/mol. The molecule has 2 amide bonds. The number of aliphatic hydroxyl groups is 2. The van der Waals surface area contributed by atoms with E-state index in [0.717, 1.165) is 6.92 Å². The van der Waals surface area contributed by atoms with Gasteiger partial charge in [0.15, 0.2) is 17.9 Å². The predicted molar refractivity (Wildman–Crippen MR) is 166 cm³/mol. The number of nitrogens with one attached hydrogen (secondary N) is 2. The van der Waals surface area contributed by atoms with Gasteiger partial charge in [0.05, 0.1) is 55.1 Å². The van der Waals surface area contributed by atoms with Gasteiger partial charge in [-0.25, -0.2) is 0 Å². The van der Waals surface area contributed by atoms with E-state index in [9.17, 15) is 44.4 Å². The van der Waals surface area contributed by atoms with Crippen LogP contribution in [-0.4, -0.2) is 119 Å². The molecule has 3 aliphatic rings. The van der Waals surface area contributed by atoms with Gasteiger partial charge in [0.2, 0.25) is 17.6 Å². The second kappa shape index (κ2) is 13.2. The number of ketones is 3. The summed E-state index contributed by atoms with van der Waals surface area (Å²) in [4.78, 5) is 66.4. The molecule has 2 aromatic carbocycles. The summed E-state index contributed by atoms with van der Waals surface area (Å²) in [5, 5.41) is 50.5. The molecule has 15 heteroatoms. The Bertz CT molecular complexity index is 1690. The Balaban J connectivity index is 1.48. The van der Waals surface area contributed by atoms with Crippen LogP contribution in [0.15, 0.2) is 18.2 Å². The molecule has 0 saturated carbocycles. The van der Waals surface area contributed by atoms with Crippen molar-refractivity contribution in [3.05, 3.63) is 51.6 Å². The number of hydrogen-bond donors (Lipinski definition) is 6. The first-order chi connectivity index (χ1) is 22.6. The van der Waals surface area contributed by atoms with Gasteiger partial charge in [-0.15, -0.1) is 0 Å². The van der Waals surface area contributed by atoms with E-state index in [-0.39, 0.29) is 53.4 Å². The van der Waals surface area contributed by atoms with Crippen molar-refractivity contribution >= 4 is 29.2 Å². The Morgan fingerprint density at radius 3 is 2.40 bits per heavy atom. The van der Waals surface area contributed by atoms with Gasteiger partial charge in [-0.1, -0.05) is 12.1 Å². The van der Waals surface area contributed by atoms with E-state index in [1.165, 1.54) is 32.2 Å². The van der Waals surface area contributed by atoms with E-state index in [0.29, 0.717) is 0 Å². The van der Waals surface area contributed by atoms with E-state index in [1.54, 1.807) is 19.0 Å². The van der Waals surface area contributed by atoms with Crippen molar-refractivity contribution in [2.75, 3.05) is 34.3 Å². The Morgan fingerprint density at radius 1 is 1.06 bits per heavy atom. The number of carbonyl (C=O) groups is 5. The van der Waals surface area contributed by atoms with E-state index in [2.05, 4.69) is 10.6 Å². The van der Waals surface area contributed by atoms with Crippen LogP contribution in [0.4, 0.5) is 0 Å². The minimum atomic E-state index is -2.10. The van der Waals surface area contributed by atoms with Crippen LogP contribution < -0.4 is 15.4 Å². The standard InChI is InChI=1S/C33H39N3O12/c1-14-28(40)18(35-21(38)12-34-22(39)13-36(3)4)9-23(47-14)48-20-11-33(45,15(2)37)10-17-25(20)32(44)27-26(30(17)42)29(41)16-7-6-8-19(46-5)24(16)31(27)43/h6-8,14,18,20,23,28,40,42,44-45H,9-13H2,1-5H3,(H,34,39)(H,35,38)/t14-,18-,20-,23-,28+,33-/m0/s1. The third-order valence-corrected chi connectivity index (χ3v) is 9.01. The quantitative estimate of drug-likeness (QED) is 0.164. The lowest BCUT2D eigenvalue weighted by Crippen LogP contribution is -2.57. The van der Waals surface area contributed by atoms with Crippen molar-refractivity contribution in [2.24, 2.45) is 0 Å². The number of aromatic hydroxyl groups is 2. The molecule has 2 aromatic rings. The molecular weight excluding hydrogens is 630 g/mol. The number of carbonyl (C=O) groups excluding carboxylic acids is 5. The van der Waals surface area contributed by atoms with Gasteiger partial charge in [0.1, 0.15) is 29.0 Å². The highest BCUT2D eigenvalue weighted by molar-refractivity contribution is 6.31. The summed E-state index contributed by atoms with van der Waals surface area (Å²) in [6.07, 6.45) is -5.67. The fourth-order valence-electron chi connectivity index (χ4n) is 6.55. The SMILES string of the molecule is COc1cccc2c1C(=O)c1c(O)c3c(c(O)c1C2=O)C[C@@](O)(C(C)=O)C[C@@H]3O[C@H]1C[C@H](NC(=O)CNC(=O)CN(C)C)[C@H](O)[C@H](C)O1. The van der Waals surface area contributed by atoms with E-state index >= 15 is 0 Å². The molecule has 1 aliphatic heterocycles. The molecule has 1 saturated heterocycles. The second-order valence-corrected chi connectivity index (χ2v) is 12.7. The smallest absolute Gasteiger partial charge is 0.239 e. The molecular formula is C33H39N3O12. The summed E-state index contributed by atoms with van der Waals surface area (Å²) in [7, 11) is 4.72. The topological polar surface area (TPSA) is 221 Å². The Labute approximate surface area is 275 Å². The zero-order valence-corrected chi connectivity index (χ0v) is 27.2. The molecule has 0 unspecified atom stereocenters. The second-order valence-electron chi connectivity index (χ2n) is 12.7. The molecule has 5 rings (SSSR count). The van der Waals surface area contributed by atoms with Crippen LogP contribution in [0.3, 0.4) is 0 Å². The van der Waals surface area contributed by atoms with Crippen LogP contribution >= 0.6 is 0 Å². The third kappa shape index (κ3) is 6.26. The minimum Gasteiger partial charge on any atom is -0.507 e. The number of fused-ring (bicyclic) bond motifs is 3. The minimum absolute atomic E-state index is 0.0551. The molecule has 6 N–H and O–H groups in total. The number of aliphatic hydroxyl groups excluding tert-OH is 1. The number of likely N-dealkylation sites (N-methyl/N-ethyl adjacent to an activating group) is 1. The summed E-state index contributed by atoms with van der Waals surface area (Å²) in [6.45, 7) is 2.40. The van der Waals surface area contributed by atoms with E-state index in [4.69, 9.17) is 14.2 Å². The highest BCUT2D eigenvalue weighted by atomic mass is 16.7. The lowest BCUT2D eigenvalue weighted by molar-refractivity contribution is -0.249. The first kappa shape index (κ1) is 34.9. The normalized spacial score (nSPS) is 26.3. The molecule has 1 fully saturated rings. The molecule has 6 atom stereocenters. The number of benzene rings is 2. The molecule has 258 valence electrons. The number of nitrogens with zero attached hydrogens (tertiary/aromatic N) is 1. The maximum Gasteiger partial charge on any atom is 0.239 e. The van der Waals surface area contributed by atoms with Gasteiger partial charge >= 0.3 is 0 Å². The number of rotatable bonds is 9. The van der Waals surface area contributed by atoms with E-state index < -0.39 is 95.0 Å². The van der Waals surface area contributed by atoms with Gasteiger partial charge in [0, 0.05) is 36.0 Å². The van der Waals surface area contributed by atoms with Crippen molar-refractivity contribution < 1.29 is 58.6 Å². The van der Waals surface area contributed by atoms with Crippen LogP contribution in [0.2, 0.25) is 0 Å². The molecule has 48 heavy (non-hydrogen) atoms. The summed E-state index contributed by atoms with van der Waals surface area (Å²) in [5.74, 6) is -4.47. The Kier molecular flexibility index (Phi) is 9.63. The molecule has 0 radical (unpaired) electrons. The van der Waals surface area contributed by atoms with Crippen molar-refractivity contribution in [1.82, 2.24) is 15.5 Å². The van der Waals surface area contributed by atoms with Crippen molar-refractivity contribution in [2.45, 2.75) is 69.4 Å². The Hall–Kier alpha value is -4.41. The number of methoxy groups -OCH3 is 1. The lowest BCUT2D eigenvalue weighted by Gasteiger charge is -2.42. The highest BCUT2D eigenvalue weighted by Crippen LogP contribution is 2.52. The average molecular weight is 670 g/mol. The van der Waals surface area contributed by atoms with Crippen LogP contribution in [0.1, 0.15) is 75.8 Å². The van der Waals surface area contributed by atoms with Gasteiger partial charge in [-0.2, -0.15) is 0 Å². The number of hydrogen-bond acceptors (Lipinski definition) is 13. The molecule has 1 heterocycles. The van der Waals surface area contributed by atoms with Crippen molar-refractivity contribution in [3.8, 4) is 17.2 Å².